The summed E-state index contributed by atoms with van der Waals surface area (Å²) >= 11 is 0. The van der Waals surface area contributed by atoms with E-state index in [-0.39, 0.29) is 0 Å². The van der Waals surface area contributed by atoms with Crippen molar-refractivity contribution in [3.63, 3.8) is 0 Å². The van der Waals surface area contributed by atoms with Gasteiger partial charge in [0.2, 0.25) is 0 Å². The first-order valence-corrected chi connectivity index (χ1v) is 7.43. The quantitative estimate of drug-likeness (QED) is 0.684. The molecule has 1 saturated heterocycles. The highest BCUT2D eigenvalue weighted by molar-refractivity contribution is 5.78. The van der Waals surface area contributed by atoms with Gasteiger partial charge in [-0.25, -0.2) is 9.98 Å². The van der Waals surface area contributed by atoms with E-state index in [0.717, 1.165) is 30.0 Å². The maximum absolute atomic E-state index is 6.06. The van der Waals surface area contributed by atoms with Gasteiger partial charge in [0.15, 0.2) is 5.96 Å². The Bertz CT molecular complexity index is 658. The van der Waals surface area contributed by atoms with Gasteiger partial charge in [0.1, 0.15) is 5.82 Å². The Kier molecular flexibility index (Phi) is 4.39. The number of nitrogens with zero attached hydrogens (tertiary/aromatic N) is 4. The van der Waals surface area contributed by atoms with Crippen molar-refractivity contribution in [1.29, 1.82) is 0 Å². The predicted molar refractivity (Wildman–Crippen MR) is 86.4 cm³/mol. The van der Waals surface area contributed by atoms with E-state index in [1.54, 1.807) is 6.20 Å². The fourth-order valence-corrected chi connectivity index (χ4v) is 2.52. The molecule has 1 aromatic heterocycles. The molecule has 1 aliphatic rings. The summed E-state index contributed by atoms with van der Waals surface area (Å²) in [6.07, 6.45) is 3.74. The lowest BCUT2D eigenvalue weighted by molar-refractivity contribution is 0.0674. The lowest BCUT2D eigenvalue weighted by Gasteiger charge is -2.27. The molecule has 2 aromatic rings. The number of hydrogen-bond acceptors (Lipinski definition) is 3. The Morgan fingerprint density at radius 1 is 1.36 bits per heavy atom. The van der Waals surface area contributed by atoms with Crippen LogP contribution in [0.2, 0.25) is 0 Å². The second kappa shape index (κ2) is 6.62. The zero-order valence-corrected chi connectivity index (χ0v) is 12.8. The molecular weight excluding hydrogens is 278 g/mol. The molecule has 0 aliphatic carbocycles. The molecular formula is C16H21N5O. The van der Waals surface area contributed by atoms with Gasteiger partial charge in [0, 0.05) is 38.1 Å². The van der Waals surface area contributed by atoms with Gasteiger partial charge in [-0.1, -0.05) is 18.2 Å². The number of nitrogens with two attached hydrogens (primary N) is 1. The third kappa shape index (κ3) is 3.28. The lowest BCUT2D eigenvalue weighted by Crippen LogP contribution is -2.44. The fraction of sp³-hybridized carbons (Fsp3) is 0.375. The molecule has 3 rings (SSSR count). The third-order valence-electron chi connectivity index (χ3n) is 3.77. The van der Waals surface area contributed by atoms with E-state index < -0.39 is 0 Å². The van der Waals surface area contributed by atoms with Gasteiger partial charge in [-0.2, -0.15) is 0 Å². The van der Waals surface area contributed by atoms with Crippen LogP contribution in [-0.2, 0) is 18.3 Å². The first-order valence-electron chi connectivity index (χ1n) is 7.43. The number of benzene rings is 1. The average Bonchev–Trinajstić information content (AvgIpc) is 3.00. The molecule has 1 aromatic carbocycles. The van der Waals surface area contributed by atoms with Crippen LogP contribution < -0.4 is 5.73 Å². The van der Waals surface area contributed by atoms with Gasteiger partial charge in [-0.05, 0) is 11.6 Å². The summed E-state index contributed by atoms with van der Waals surface area (Å²) in [5, 5.41) is 0. The minimum Gasteiger partial charge on any atom is -0.378 e. The van der Waals surface area contributed by atoms with Crippen molar-refractivity contribution in [2.24, 2.45) is 17.8 Å². The number of hydrogen-bond donors (Lipinski definition) is 1. The van der Waals surface area contributed by atoms with Crippen LogP contribution in [0.25, 0.3) is 11.4 Å². The largest absolute Gasteiger partial charge is 0.378 e. The molecule has 0 amide bonds. The van der Waals surface area contributed by atoms with E-state index in [9.17, 15) is 0 Å². The number of aromatic nitrogens is 2. The van der Waals surface area contributed by atoms with Crippen LogP contribution in [0.1, 0.15) is 5.56 Å². The standard InChI is InChI=1S/C16H21N5O/c1-20-6-5-18-15(20)14-4-2-3-13(11-14)12-19-16(17)21-7-9-22-10-8-21/h2-6,11H,7-10,12H2,1H3,(H2,17,19). The van der Waals surface area contributed by atoms with Gasteiger partial charge in [0.05, 0.1) is 19.8 Å². The lowest BCUT2D eigenvalue weighted by atomic mass is 10.1. The number of rotatable bonds is 3. The van der Waals surface area contributed by atoms with E-state index in [4.69, 9.17) is 10.5 Å². The van der Waals surface area contributed by atoms with E-state index in [2.05, 4.69) is 33.1 Å². The van der Waals surface area contributed by atoms with Gasteiger partial charge >= 0.3 is 0 Å². The second-order valence-corrected chi connectivity index (χ2v) is 5.34. The summed E-state index contributed by atoms with van der Waals surface area (Å²) in [5.41, 5.74) is 8.27. The van der Waals surface area contributed by atoms with E-state index >= 15 is 0 Å². The van der Waals surface area contributed by atoms with Crippen LogP contribution in [-0.4, -0.2) is 46.7 Å². The van der Waals surface area contributed by atoms with Crippen molar-refractivity contribution in [3.8, 4) is 11.4 Å². The van der Waals surface area contributed by atoms with Gasteiger partial charge in [-0.15, -0.1) is 0 Å². The second-order valence-electron chi connectivity index (χ2n) is 5.34. The van der Waals surface area contributed by atoms with Crippen LogP contribution in [0.5, 0.6) is 0 Å². The molecule has 0 spiro atoms. The van der Waals surface area contributed by atoms with Crippen LogP contribution >= 0.6 is 0 Å². The highest BCUT2D eigenvalue weighted by Gasteiger charge is 2.12. The van der Waals surface area contributed by atoms with Gasteiger partial charge in [0.25, 0.3) is 0 Å². The molecule has 0 saturated carbocycles. The number of aryl methyl sites for hydroxylation is 1. The zero-order valence-electron chi connectivity index (χ0n) is 12.8. The smallest absolute Gasteiger partial charge is 0.191 e. The van der Waals surface area contributed by atoms with Crippen molar-refractivity contribution < 1.29 is 4.74 Å². The van der Waals surface area contributed by atoms with Crippen molar-refractivity contribution in [3.05, 3.63) is 42.2 Å². The first-order chi connectivity index (χ1) is 10.7. The molecule has 1 fully saturated rings. The summed E-state index contributed by atoms with van der Waals surface area (Å²) in [7, 11) is 1.99. The fourth-order valence-electron chi connectivity index (χ4n) is 2.52. The number of guanidine groups is 1. The number of imidazole rings is 1. The topological polar surface area (TPSA) is 68.7 Å². The Morgan fingerprint density at radius 3 is 2.91 bits per heavy atom. The minimum atomic E-state index is 0.571. The molecule has 116 valence electrons. The molecule has 2 heterocycles. The molecule has 2 N–H and O–H groups in total. The van der Waals surface area contributed by atoms with Crippen LogP contribution in [0.3, 0.4) is 0 Å². The molecule has 22 heavy (non-hydrogen) atoms. The van der Waals surface area contributed by atoms with E-state index in [1.165, 1.54) is 0 Å². The Labute approximate surface area is 130 Å². The zero-order chi connectivity index (χ0) is 15.4. The third-order valence-corrected chi connectivity index (χ3v) is 3.77. The molecule has 6 nitrogen and oxygen atoms in total. The SMILES string of the molecule is Cn1ccnc1-c1cccc(CN=C(N)N2CCOCC2)c1. The highest BCUT2D eigenvalue weighted by atomic mass is 16.5. The van der Waals surface area contributed by atoms with Crippen molar-refractivity contribution in [2.45, 2.75) is 6.54 Å². The van der Waals surface area contributed by atoms with Crippen molar-refractivity contribution in [1.82, 2.24) is 14.5 Å². The van der Waals surface area contributed by atoms with Crippen molar-refractivity contribution in [2.75, 3.05) is 26.3 Å². The minimum absolute atomic E-state index is 0.571. The van der Waals surface area contributed by atoms with E-state index in [0.29, 0.717) is 25.7 Å². The summed E-state index contributed by atoms with van der Waals surface area (Å²) in [5.74, 6) is 1.54. The number of ether oxygens (including phenoxy) is 1. The molecule has 0 atom stereocenters. The van der Waals surface area contributed by atoms with Gasteiger partial charge < -0.3 is 19.9 Å². The van der Waals surface area contributed by atoms with E-state index in [1.807, 2.05) is 23.9 Å². The first kappa shape index (κ1) is 14.6. The monoisotopic (exact) mass is 299 g/mol. The van der Waals surface area contributed by atoms with Crippen LogP contribution in [0.15, 0.2) is 41.7 Å². The predicted octanol–water partition coefficient (Wildman–Crippen LogP) is 1.23. The maximum atomic E-state index is 6.06. The summed E-state index contributed by atoms with van der Waals surface area (Å²) in [6, 6.07) is 8.25. The molecule has 0 unspecified atom stereocenters. The Morgan fingerprint density at radius 2 is 2.18 bits per heavy atom. The van der Waals surface area contributed by atoms with Crippen LogP contribution in [0, 0.1) is 0 Å². The average molecular weight is 299 g/mol. The van der Waals surface area contributed by atoms with Gasteiger partial charge in [-0.3, -0.25) is 0 Å². The summed E-state index contributed by atoms with van der Waals surface area (Å²) in [4.78, 5) is 10.9. The van der Waals surface area contributed by atoms with Crippen LogP contribution in [0.4, 0.5) is 0 Å². The highest BCUT2D eigenvalue weighted by Crippen LogP contribution is 2.18. The summed E-state index contributed by atoms with van der Waals surface area (Å²) in [6.45, 7) is 3.61. The Balaban J connectivity index is 1.71. The summed E-state index contributed by atoms with van der Waals surface area (Å²) < 4.78 is 7.32. The molecule has 0 bridgehead atoms. The number of aliphatic imine (C=N–C) groups is 1. The number of morpholine rings is 1. The normalized spacial score (nSPS) is 16.0. The molecule has 0 radical (unpaired) electrons. The Hall–Kier alpha value is -2.34. The molecule has 6 heteroatoms. The van der Waals surface area contributed by atoms with Crippen molar-refractivity contribution >= 4 is 5.96 Å². The molecule has 1 aliphatic heterocycles. The maximum Gasteiger partial charge on any atom is 0.191 e.